The van der Waals surface area contributed by atoms with Crippen molar-refractivity contribution >= 4 is 15.9 Å². The summed E-state index contributed by atoms with van der Waals surface area (Å²) < 4.78 is 45.1. The van der Waals surface area contributed by atoms with Crippen LogP contribution < -0.4 is 11.2 Å². The predicted molar refractivity (Wildman–Crippen MR) is 144 cm³/mol. The Balaban J connectivity index is 1.88. The van der Waals surface area contributed by atoms with E-state index in [0.717, 1.165) is 0 Å². The lowest BCUT2D eigenvalue weighted by molar-refractivity contribution is -0.0574. The van der Waals surface area contributed by atoms with Crippen molar-refractivity contribution in [1.82, 2.24) is 14.5 Å². The molecule has 2 fully saturated rings. The van der Waals surface area contributed by atoms with Crippen LogP contribution in [-0.2, 0) is 27.5 Å². The minimum Gasteiger partial charge on any atom is -0.408 e. The normalized spacial score (nSPS) is 27.7. The van der Waals surface area contributed by atoms with Crippen LogP contribution in [0.4, 0.5) is 0 Å². The summed E-state index contributed by atoms with van der Waals surface area (Å²) in [5.41, 5.74) is -1.26. The van der Waals surface area contributed by atoms with Crippen LogP contribution in [0.25, 0.3) is 0 Å². The molecule has 2 aliphatic rings. The molecule has 0 amide bonds. The Morgan fingerprint density at radius 1 is 1.16 bits per heavy atom. The van der Waals surface area contributed by atoms with Crippen LogP contribution in [0.5, 0.6) is 0 Å². The van der Waals surface area contributed by atoms with Gasteiger partial charge in [0.2, 0.25) is 0 Å². The van der Waals surface area contributed by atoms with Crippen molar-refractivity contribution < 1.29 is 27.5 Å². The summed E-state index contributed by atoms with van der Waals surface area (Å²) in [6.07, 6.45) is -0.0892. The van der Waals surface area contributed by atoms with Gasteiger partial charge in [-0.05, 0) is 44.9 Å². The van der Waals surface area contributed by atoms with Gasteiger partial charge in [0.05, 0.1) is 18.9 Å². The van der Waals surface area contributed by atoms with Crippen molar-refractivity contribution in [2.24, 2.45) is 0 Å². The summed E-state index contributed by atoms with van der Waals surface area (Å²) in [4.78, 5) is 28.8. The second-order valence-electron chi connectivity index (χ2n) is 11.2. The number of methoxy groups -OCH3 is 1. The highest BCUT2D eigenvalue weighted by molar-refractivity contribution is 7.54. The van der Waals surface area contributed by atoms with E-state index in [0.29, 0.717) is 39.3 Å². The lowest BCUT2D eigenvalue weighted by atomic mass is 10.1. The fourth-order valence-electron chi connectivity index (χ4n) is 4.72. The number of hydrogen-bond acceptors (Lipinski definition) is 9. The number of nitrogens with one attached hydrogen (secondary N) is 1. The summed E-state index contributed by atoms with van der Waals surface area (Å²) in [5.74, 6) is 0. The molecule has 1 unspecified atom stereocenters. The Labute approximate surface area is 220 Å². The van der Waals surface area contributed by atoms with Crippen molar-refractivity contribution in [2.75, 3.05) is 40.0 Å². The molecule has 0 aliphatic carbocycles. The summed E-state index contributed by atoms with van der Waals surface area (Å²) in [6, 6.07) is 1.29. The second kappa shape index (κ2) is 12.0. The van der Waals surface area contributed by atoms with Crippen LogP contribution in [0.15, 0.2) is 21.9 Å². The molecule has 3 rings (SSSR count). The monoisotopic (exact) mass is 561 g/mol. The molecule has 1 aromatic heterocycles. The molecule has 11 nitrogen and oxygen atoms in total. The summed E-state index contributed by atoms with van der Waals surface area (Å²) in [5, 5.41) is -0.0525. The quantitative estimate of drug-likeness (QED) is 0.321. The van der Waals surface area contributed by atoms with Crippen LogP contribution in [0, 0.1) is 0 Å². The molecule has 0 bridgehead atoms. The molecule has 37 heavy (non-hydrogen) atoms. The SMILES string of the molecule is CCOP(=O)(OCC)C1CCN(C[C@H]2O[C@@H](n3ccc(=O)[nH]c3=O)[C@H](OC)[C@@H]2O[Si](C)(C)C(C)(C)C)C1. The summed E-state index contributed by atoms with van der Waals surface area (Å²) >= 11 is 0. The Morgan fingerprint density at radius 3 is 2.35 bits per heavy atom. The Hall–Kier alpha value is -1.11. The zero-order valence-electron chi connectivity index (χ0n) is 23.4. The number of rotatable bonds is 11. The van der Waals surface area contributed by atoms with E-state index in [2.05, 4.69) is 43.7 Å². The third-order valence-electron chi connectivity index (χ3n) is 7.67. The fraction of sp³-hybridized carbons (Fsp3) is 0.833. The van der Waals surface area contributed by atoms with Crippen LogP contribution in [0.3, 0.4) is 0 Å². The number of aromatic nitrogens is 2. The zero-order chi connectivity index (χ0) is 27.6. The second-order valence-corrected chi connectivity index (χ2v) is 18.3. The van der Waals surface area contributed by atoms with Crippen molar-refractivity contribution in [3.8, 4) is 0 Å². The maximum absolute atomic E-state index is 13.4. The van der Waals surface area contributed by atoms with Gasteiger partial charge < -0.3 is 22.9 Å². The van der Waals surface area contributed by atoms with E-state index >= 15 is 0 Å². The molecule has 2 aliphatic heterocycles. The molecule has 212 valence electrons. The first kappa shape index (κ1) is 30.4. The number of likely N-dealkylation sites (tertiary alicyclic amines) is 1. The first-order valence-electron chi connectivity index (χ1n) is 13.0. The van der Waals surface area contributed by atoms with Crippen LogP contribution in [0.1, 0.15) is 47.3 Å². The predicted octanol–water partition coefficient (Wildman–Crippen LogP) is 3.18. The topological polar surface area (TPSA) is 121 Å². The average molecular weight is 562 g/mol. The fourth-order valence-corrected chi connectivity index (χ4v) is 8.11. The highest BCUT2D eigenvalue weighted by atomic mass is 31.2. The van der Waals surface area contributed by atoms with Gasteiger partial charge in [-0.1, -0.05) is 20.8 Å². The third kappa shape index (κ3) is 6.73. The molecule has 0 aromatic carbocycles. The molecule has 3 heterocycles. The van der Waals surface area contributed by atoms with E-state index in [1.807, 2.05) is 13.8 Å². The van der Waals surface area contributed by atoms with E-state index in [9.17, 15) is 14.2 Å². The van der Waals surface area contributed by atoms with Crippen molar-refractivity contribution in [3.63, 3.8) is 0 Å². The molecular weight excluding hydrogens is 517 g/mol. The first-order chi connectivity index (χ1) is 17.3. The number of hydrogen-bond donors (Lipinski definition) is 1. The number of ether oxygens (including phenoxy) is 2. The standard InChI is InChI=1S/C24H44N3O8PSi/c1-9-32-36(30,33-10-2)17-11-13-26(15-17)16-18-20(35-37(7,8)24(3,4)5)21(31-6)22(34-18)27-14-12-19(28)25-23(27)29/h12,14,17-18,20-22H,9-11,13,15-16H2,1-8H3,(H,25,28,29)/t17?,18-,20-,21-,22-/m1/s1. The lowest BCUT2D eigenvalue weighted by Gasteiger charge is -2.40. The molecule has 2 saturated heterocycles. The Bertz CT molecular complexity index is 1060. The van der Waals surface area contributed by atoms with Crippen LogP contribution in [0.2, 0.25) is 18.1 Å². The minimum atomic E-state index is -3.22. The van der Waals surface area contributed by atoms with Gasteiger partial charge in [0.1, 0.15) is 18.3 Å². The first-order valence-corrected chi connectivity index (χ1v) is 17.6. The molecule has 0 radical (unpaired) electrons. The van der Waals surface area contributed by atoms with Gasteiger partial charge in [0.15, 0.2) is 14.5 Å². The lowest BCUT2D eigenvalue weighted by Crippen LogP contribution is -2.51. The molecular formula is C24H44N3O8PSi. The third-order valence-corrected chi connectivity index (χ3v) is 14.7. The van der Waals surface area contributed by atoms with Gasteiger partial charge in [0.25, 0.3) is 5.56 Å². The van der Waals surface area contributed by atoms with Gasteiger partial charge in [-0.15, -0.1) is 0 Å². The van der Waals surface area contributed by atoms with Gasteiger partial charge in [0, 0.05) is 32.5 Å². The number of H-pyrrole nitrogens is 1. The number of nitrogens with zero attached hydrogens (tertiary/aromatic N) is 2. The van der Waals surface area contributed by atoms with E-state index in [4.69, 9.17) is 22.9 Å². The van der Waals surface area contributed by atoms with Crippen molar-refractivity contribution in [1.29, 1.82) is 0 Å². The zero-order valence-corrected chi connectivity index (χ0v) is 25.3. The Kier molecular flexibility index (Phi) is 9.83. The maximum atomic E-state index is 13.4. The molecule has 5 atom stereocenters. The summed E-state index contributed by atoms with van der Waals surface area (Å²) in [6.45, 7) is 16.9. The van der Waals surface area contributed by atoms with E-state index in [-0.39, 0.29) is 10.7 Å². The Morgan fingerprint density at radius 2 is 1.81 bits per heavy atom. The van der Waals surface area contributed by atoms with Gasteiger partial charge >= 0.3 is 13.3 Å². The minimum absolute atomic E-state index is 0.0525. The van der Waals surface area contributed by atoms with Crippen molar-refractivity contribution in [2.45, 2.75) is 89.4 Å². The van der Waals surface area contributed by atoms with Gasteiger partial charge in [-0.25, -0.2) is 4.79 Å². The molecule has 0 saturated carbocycles. The van der Waals surface area contributed by atoms with E-state index < -0.39 is 51.7 Å². The molecule has 1 aromatic rings. The summed E-state index contributed by atoms with van der Waals surface area (Å²) in [7, 11) is -3.89. The van der Waals surface area contributed by atoms with Crippen LogP contribution in [-0.4, -0.2) is 86.7 Å². The smallest absolute Gasteiger partial charge is 0.335 e. The highest BCUT2D eigenvalue weighted by Crippen LogP contribution is 2.56. The van der Waals surface area contributed by atoms with Gasteiger partial charge in [-0.2, -0.15) is 0 Å². The molecule has 13 heteroatoms. The molecule has 1 N–H and O–H groups in total. The van der Waals surface area contributed by atoms with Gasteiger partial charge in [-0.3, -0.25) is 23.8 Å². The maximum Gasteiger partial charge on any atom is 0.335 e. The molecule has 0 spiro atoms. The average Bonchev–Trinajstić information content (AvgIpc) is 3.39. The largest absolute Gasteiger partial charge is 0.408 e. The van der Waals surface area contributed by atoms with E-state index in [1.54, 1.807) is 7.11 Å². The highest BCUT2D eigenvalue weighted by Gasteiger charge is 2.52. The van der Waals surface area contributed by atoms with Crippen molar-refractivity contribution in [3.05, 3.63) is 33.1 Å². The number of aromatic amines is 1. The van der Waals surface area contributed by atoms with Crippen LogP contribution >= 0.6 is 7.60 Å². The van der Waals surface area contributed by atoms with E-state index in [1.165, 1.54) is 16.8 Å².